The van der Waals surface area contributed by atoms with Gasteiger partial charge >= 0.3 is 11.9 Å². The number of aliphatic carboxylic acids is 1. The number of carboxylic acids is 2. The number of nitrogens with zero attached hydrogens (tertiary/aromatic N) is 1. The third-order valence-electron chi connectivity index (χ3n) is 4.50. The Hall–Kier alpha value is -3.50. The summed E-state index contributed by atoms with van der Waals surface area (Å²) < 4.78 is 21.5. The number of halogens is 1. The molecule has 11 heteroatoms. The molecule has 0 unspecified atom stereocenters. The van der Waals surface area contributed by atoms with Gasteiger partial charge in [-0.15, -0.1) is 11.3 Å². The minimum absolute atomic E-state index is 0.00106. The van der Waals surface area contributed by atoms with Gasteiger partial charge in [0.05, 0.1) is 28.1 Å². The molecule has 160 valence electrons. The van der Waals surface area contributed by atoms with Crippen molar-refractivity contribution < 1.29 is 38.5 Å². The number of aromatic carboxylic acids is 1. The minimum atomic E-state index is -1.19. The highest BCUT2D eigenvalue weighted by Crippen LogP contribution is 2.40. The summed E-state index contributed by atoms with van der Waals surface area (Å²) in [5, 5.41) is 22.9. The van der Waals surface area contributed by atoms with Gasteiger partial charge in [0.2, 0.25) is 6.79 Å². The summed E-state index contributed by atoms with van der Waals surface area (Å²) in [5.41, 5.74) is 0.818. The van der Waals surface area contributed by atoms with E-state index in [0.29, 0.717) is 28.4 Å². The molecule has 0 saturated carbocycles. The van der Waals surface area contributed by atoms with Crippen molar-refractivity contribution in [3.63, 3.8) is 0 Å². The molecule has 0 radical (unpaired) electrons. The fourth-order valence-corrected chi connectivity index (χ4v) is 4.30. The molecule has 0 bridgehead atoms. The van der Waals surface area contributed by atoms with E-state index < -0.39 is 11.9 Å². The molecule has 0 atom stereocenters. The molecule has 2 N–H and O–H groups in total. The first-order chi connectivity index (χ1) is 14.9. The van der Waals surface area contributed by atoms with Crippen molar-refractivity contribution >= 4 is 41.0 Å². The first-order valence-corrected chi connectivity index (χ1v) is 9.95. The zero-order valence-corrected chi connectivity index (χ0v) is 17.5. The summed E-state index contributed by atoms with van der Waals surface area (Å²) in [6.45, 7) is 0.0723. The van der Waals surface area contributed by atoms with Crippen LogP contribution in [0.5, 0.6) is 17.2 Å². The average Bonchev–Trinajstić information content (AvgIpc) is 3.45. The maximum Gasteiger partial charge on any atom is 0.337 e. The molecule has 0 saturated heterocycles. The molecule has 31 heavy (non-hydrogen) atoms. The van der Waals surface area contributed by atoms with Crippen LogP contribution >= 0.6 is 22.9 Å². The Morgan fingerprint density at radius 3 is 2.68 bits per heavy atom. The van der Waals surface area contributed by atoms with Crippen molar-refractivity contribution in [2.24, 2.45) is 0 Å². The smallest absolute Gasteiger partial charge is 0.337 e. The van der Waals surface area contributed by atoms with E-state index in [0.717, 1.165) is 11.3 Å². The summed E-state index contributed by atoms with van der Waals surface area (Å²) in [6.07, 6.45) is 2.68. The zero-order chi connectivity index (χ0) is 22.1. The second-order valence-electron chi connectivity index (χ2n) is 6.38. The third kappa shape index (κ3) is 4.07. The first kappa shape index (κ1) is 20.8. The van der Waals surface area contributed by atoms with Gasteiger partial charge in [0.15, 0.2) is 17.3 Å². The van der Waals surface area contributed by atoms with E-state index in [1.54, 1.807) is 12.1 Å². The summed E-state index contributed by atoms with van der Waals surface area (Å²) in [7, 11) is 1.47. The van der Waals surface area contributed by atoms with Crippen molar-refractivity contribution in [1.29, 1.82) is 0 Å². The van der Waals surface area contributed by atoms with Gasteiger partial charge in [-0.2, -0.15) is 0 Å². The van der Waals surface area contributed by atoms with Crippen LogP contribution in [0.25, 0.3) is 16.7 Å². The number of carboxylic acid groups (broad SMARTS) is 2. The molecule has 0 aliphatic carbocycles. The highest BCUT2D eigenvalue weighted by atomic mass is 35.5. The van der Waals surface area contributed by atoms with Gasteiger partial charge in [-0.05, 0) is 18.2 Å². The number of thiophene rings is 1. The monoisotopic (exact) mass is 463 g/mol. The van der Waals surface area contributed by atoms with Crippen LogP contribution in [0.15, 0.2) is 34.5 Å². The number of hydrogen-bond donors (Lipinski definition) is 2. The Labute approximate surface area is 184 Å². The lowest BCUT2D eigenvalue weighted by molar-refractivity contribution is -0.132. The van der Waals surface area contributed by atoms with Crippen LogP contribution in [0.3, 0.4) is 0 Å². The number of benzene rings is 1. The normalized spacial score (nSPS) is 12.8. The van der Waals surface area contributed by atoms with E-state index in [9.17, 15) is 19.8 Å². The molecular formula is C20H14ClNO8S. The van der Waals surface area contributed by atoms with E-state index in [1.165, 1.54) is 25.4 Å². The van der Waals surface area contributed by atoms with Gasteiger partial charge in [-0.3, -0.25) is 0 Å². The van der Waals surface area contributed by atoms with Gasteiger partial charge in [-0.25, -0.2) is 9.59 Å². The number of aromatic nitrogens is 1. The number of rotatable bonds is 7. The third-order valence-corrected chi connectivity index (χ3v) is 5.76. The Morgan fingerprint density at radius 1 is 1.26 bits per heavy atom. The predicted octanol–water partition coefficient (Wildman–Crippen LogP) is 4.20. The Morgan fingerprint density at radius 2 is 2.00 bits per heavy atom. The molecule has 3 heterocycles. The minimum Gasteiger partial charge on any atom is -0.496 e. The van der Waals surface area contributed by atoms with Crippen LogP contribution in [-0.4, -0.2) is 41.2 Å². The van der Waals surface area contributed by atoms with Gasteiger partial charge in [0.25, 0.3) is 0 Å². The fourth-order valence-electron chi connectivity index (χ4n) is 3.09. The molecule has 1 aliphatic rings. The van der Waals surface area contributed by atoms with Crippen LogP contribution in [-0.2, 0) is 11.2 Å². The fraction of sp³-hybridized carbons (Fsp3) is 0.150. The number of carbonyl (C=O) groups is 2. The summed E-state index contributed by atoms with van der Waals surface area (Å²) in [4.78, 5) is 23.7. The molecule has 2 aromatic heterocycles. The number of hydrogen-bond acceptors (Lipinski definition) is 8. The SMILES string of the molecule is COc1cc2c(cc1CC(=Cc1cnoc1-c1sc(Cl)cc1C(=O)O)C(=O)O)OCO2. The average molecular weight is 464 g/mol. The second kappa shape index (κ2) is 8.32. The maximum atomic E-state index is 12.0. The van der Waals surface area contributed by atoms with Crippen molar-refractivity contribution in [2.75, 3.05) is 13.9 Å². The maximum absolute atomic E-state index is 12.0. The van der Waals surface area contributed by atoms with Crippen molar-refractivity contribution in [3.05, 3.63) is 51.0 Å². The molecule has 0 spiro atoms. The van der Waals surface area contributed by atoms with Crippen molar-refractivity contribution in [1.82, 2.24) is 5.16 Å². The molecule has 3 aromatic rings. The standard InChI is InChI=1S/C20H14ClNO8S/c1-27-13-6-15-14(28-8-29-15)4-9(13)2-10(19(23)24)3-11-7-22-30-17(11)18-12(20(25)26)5-16(21)31-18/h3-7H,2,8H2,1H3,(H,23,24)(H,25,26). The molecule has 0 fully saturated rings. The van der Waals surface area contributed by atoms with Crippen LogP contribution in [0.2, 0.25) is 4.34 Å². The van der Waals surface area contributed by atoms with Crippen LogP contribution < -0.4 is 14.2 Å². The van der Waals surface area contributed by atoms with Crippen LogP contribution in [0.1, 0.15) is 21.5 Å². The Bertz CT molecular complexity index is 1210. The summed E-state index contributed by atoms with van der Waals surface area (Å²) >= 11 is 6.97. The lowest BCUT2D eigenvalue weighted by Gasteiger charge is -2.10. The topological polar surface area (TPSA) is 128 Å². The van der Waals surface area contributed by atoms with E-state index in [1.807, 2.05) is 0 Å². The zero-order valence-electron chi connectivity index (χ0n) is 15.9. The summed E-state index contributed by atoms with van der Waals surface area (Å²) in [5.74, 6) is -0.794. The van der Waals surface area contributed by atoms with Gasteiger partial charge in [-0.1, -0.05) is 16.8 Å². The van der Waals surface area contributed by atoms with Crippen LogP contribution in [0, 0.1) is 0 Å². The van der Waals surface area contributed by atoms with Gasteiger partial charge < -0.3 is 28.9 Å². The lowest BCUT2D eigenvalue weighted by atomic mass is 10.0. The van der Waals surface area contributed by atoms with E-state index >= 15 is 0 Å². The largest absolute Gasteiger partial charge is 0.496 e. The molecule has 1 aromatic carbocycles. The van der Waals surface area contributed by atoms with Gasteiger partial charge in [0.1, 0.15) is 5.75 Å². The molecule has 4 rings (SSSR count). The number of fused-ring (bicyclic) bond motifs is 1. The molecule has 9 nitrogen and oxygen atoms in total. The molecular weight excluding hydrogens is 450 g/mol. The first-order valence-electron chi connectivity index (χ1n) is 8.75. The van der Waals surface area contributed by atoms with Crippen LogP contribution in [0.4, 0.5) is 0 Å². The van der Waals surface area contributed by atoms with Crippen molar-refractivity contribution in [3.8, 4) is 27.9 Å². The number of methoxy groups -OCH3 is 1. The number of ether oxygens (including phenoxy) is 3. The van der Waals surface area contributed by atoms with E-state index in [2.05, 4.69) is 5.16 Å². The Kier molecular flexibility index (Phi) is 5.57. The molecule has 0 amide bonds. The van der Waals surface area contributed by atoms with E-state index in [-0.39, 0.29) is 39.3 Å². The predicted molar refractivity (Wildman–Crippen MR) is 110 cm³/mol. The highest BCUT2D eigenvalue weighted by Gasteiger charge is 2.24. The van der Waals surface area contributed by atoms with E-state index in [4.69, 9.17) is 30.3 Å². The molecule has 1 aliphatic heterocycles. The highest BCUT2D eigenvalue weighted by molar-refractivity contribution is 7.19. The summed E-state index contributed by atoms with van der Waals surface area (Å²) in [6, 6.07) is 4.60. The Balaban J connectivity index is 1.74. The van der Waals surface area contributed by atoms with Crippen molar-refractivity contribution in [2.45, 2.75) is 6.42 Å². The van der Waals surface area contributed by atoms with Gasteiger partial charge in [0, 0.05) is 29.2 Å². The lowest BCUT2D eigenvalue weighted by Crippen LogP contribution is -2.05. The second-order valence-corrected chi connectivity index (χ2v) is 8.06. The quantitative estimate of drug-likeness (QED) is 0.495.